The molecule has 3 aromatic carbocycles. The Kier molecular flexibility index (Phi) is 3.63. The zero-order chi connectivity index (χ0) is 16.4. The van der Waals surface area contributed by atoms with Crippen molar-refractivity contribution in [3.05, 3.63) is 78.4 Å². The molecule has 0 aliphatic rings. The predicted molar refractivity (Wildman–Crippen MR) is 96.7 cm³/mol. The second kappa shape index (κ2) is 6.08. The molecule has 3 N–H and O–H groups in total. The minimum absolute atomic E-state index is 0.543. The van der Waals surface area contributed by atoms with E-state index in [1.165, 1.54) is 0 Å². The van der Waals surface area contributed by atoms with E-state index in [0.29, 0.717) is 6.61 Å². The number of H-pyrrole nitrogens is 1. The summed E-state index contributed by atoms with van der Waals surface area (Å²) in [6, 6.07) is 23.7. The summed E-state index contributed by atoms with van der Waals surface area (Å²) in [6.07, 6.45) is 0. The van der Waals surface area contributed by atoms with Crippen molar-refractivity contribution in [1.82, 2.24) is 9.97 Å². The van der Waals surface area contributed by atoms with Crippen LogP contribution in [0.1, 0.15) is 5.56 Å². The first kappa shape index (κ1) is 14.3. The summed E-state index contributed by atoms with van der Waals surface area (Å²) in [6.45, 7) is 0.543. The minimum Gasteiger partial charge on any atom is -0.489 e. The molecule has 0 saturated carbocycles. The van der Waals surface area contributed by atoms with E-state index in [-0.39, 0.29) is 0 Å². The topological polar surface area (TPSA) is 63.9 Å². The Morgan fingerprint density at radius 1 is 0.917 bits per heavy atom. The summed E-state index contributed by atoms with van der Waals surface area (Å²) < 4.78 is 5.89. The van der Waals surface area contributed by atoms with Crippen molar-refractivity contribution in [3.63, 3.8) is 0 Å². The Morgan fingerprint density at radius 2 is 1.79 bits per heavy atom. The fraction of sp³-hybridized carbons (Fsp3) is 0.0500. The van der Waals surface area contributed by atoms with E-state index in [2.05, 4.69) is 9.97 Å². The fourth-order valence-electron chi connectivity index (χ4n) is 2.64. The average molecular weight is 315 g/mol. The average Bonchev–Trinajstić information content (AvgIpc) is 3.04. The van der Waals surface area contributed by atoms with Crippen LogP contribution >= 0.6 is 0 Å². The van der Waals surface area contributed by atoms with Gasteiger partial charge in [0.25, 0.3) is 0 Å². The molecule has 4 aromatic rings. The van der Waals surface area contributed by atoms with E-state index >= 15 is 0 Å². The molecule has 0 unspecified atom stereocenters. The molecule has 24 heavy (non-hydrogen) atoms. The van der Waals surface area contributed by atoms with Crippen LogP contribution in [0.2, 0.25) is 0 Å². The van der Waals surface area contributed by atoms with Crippen molar-refractivity contribution >= 4 is 16.7 Å². The monoisotopic (exact) mass is 315 g/mol. The molecule has 0 fully saturated rings. The summed E-state index contributed by atoms with van der Waals surface area (Å²) in [5.41, 5.74) is 10.5. The molecule has 4 rings (SSSR count). The van der Waals surface area contributed by atoms with Crippen LogP contribution < -0.4 is 10.5 Å². The molecule has 0 radical (unpaired) electrons. The van der Waals surface area contributed by atoms with Gasteiger partial charge in [-0.25, -0.2) is 4.98 Å². The van der Waals surface area contributed by atoms with Gasteiger partial charge in [-0.3, -0.25) is 0 Å². The molecule has 0 atom stereocenters. The highest BCUT2D eigenvalue weighted by molar-refractivity contribution is 5.82. The predicted octanol–water partition coefficient (Wildman–Crippen LogP) is 4.39. The molecule has 0 aliphatic carbocycles. The molecule has 4 heteroatoms. The van der Waals surface area contributed by atoms with E-state index < -0.39 is 0 Å². The minimum atomic E-state index is 0.543. The lowest BCUT2D eigenvalue weighted by atomic mass is 10.2. The Hall–Kier alpha value is -3.27. The number of ether oxygens (including phenoxy) is 1. The first-order valence-corrected chi connectivity index (χ1v) is 7.80. The van der Waals surface area contributed by atoms with Gasteiger partial charge in [-0.15, -0.1) is 0 Å². The van der Waals surface area contributed by atoms with Crippen LogP contribution in [-0.2, 0) is 6.61 Å². The van der Waals surface area contributed by atoms with E-state index in [0.717, 1.165) is 39.4 Å². The van der Waals surface area contributed by atoms with Crippen molar-refractivity contribution < 1.29 is 4.74 Å². The summed E-state index contributed by atoms with van der Waals surface area (Å²) >= 11 is 0. The van der Waals surface area contributed by atoms with E-state index in [1.807, 2.05) is 72.8 Å². The van der Waals surface area contributed by atoms with Crippen LogP contribution in [-0.4, -0.2) is 9.97 Å². The number of aromatic nitrogens is 2. The lowest BCUT2D eigenvalue weighted by Gasteiger charge is -2.07. The standard InChI is InChI=1S/C20H17N3O/c21-16-9-10-18-19(12-16)23-20(22-18)15-7-4-8-17(11-15)24-13-14-5-2-1-3-6-14/h1-12H,13,21H2,(H,22,23). The van der Waals surface area contributed by atoms with Gasteiger partial charge >= 0.3 is 0 Å². The van der Waals surface area contributed by atoms with Crippen LogP contribution in [0.25, 0.3) is 22.4 Å². The lowest BCUT2D eigenvalue weighted by Crippen LogP contribution is -1.95. The molecule has 1 aromatic heterocycles. The number of benzene rings is 3. The maximum absolute atomic E-state index is 5.89. The van der Waals surface area contributed by atoms with Crippen LogP contribution in [0, 0.1) is 0 Å². The van der Waals surface area contributed by atoms with E-state index in [1.54, 1.807) is 0 Å². The van der Waals surface area contributed by atoms with Gasteiger partial charge in [0.05, 0.1) is 11.0 Å². The summed E-state index contributed by atoms with van der Waals surface area (Å²) in [5.74, 6) is 1.62. The van der Waals surface area contributed by atoms with Gasteiger partial charge in [0.1, 0.15) is 18.2 Å². The van der Waals surface area contributed by atoms with Gasteiger partial charge in [0, 0.05) is 11.3 Å². The zero-order valence-corrected chi connectivity index (χ0v) is 13.1. The Balaban J connectivity index is 1.59. The number of rotatable bonds is 4. The molecule has 0 bridgehead atoms. The maximum atomic E-state index is 5.89. The molecule has 1 heterocycles. The molecular weight excluding hydrogens is 298 g/mol. The van der Waals surface area contributed by atoms with Crippen LogP contribution in [0.3, 0.4) is 0 Å². The van der Waals surface area contributed by atoms with Gasteiger partial charge in [-0.1, -0.05) is 42.5 Å². The van der Waals surface area contributed by atoms with Crippen molar-refractivity contribution in [2.75, 3.05) is 5.73 Å². The molecule has 4 nitrogen and oxygen atoms in total. The summed E-state index contributed by atoms with van der Waals surface area (Å²) in [4.78, 5) is 7.92. The van der Waals surface area contributed by atoms with Crippen molar-refractivity contribution in [2.45, 2.75) is 6.61 Å². The fourth-order valence-corrected chi connectivity index (χ4v) is 2.64. The van der Waals surface area contributed by atoms with Crippen LogP contribution in [0.4, 0.5) is 5.69 Å². The number of fused-ring (bicyclic) bond motifs is 1. The number of anilines is 1. The van der Waals surface area contributed by atoms with Gasteiger partial charge in [-0.2, -0.15) is 0 Å². The molecular formula is C20H17N3O. The molecule has 0 amide bonds. The number of imidazole rings is 1. The Bertz CT molecular complexity index is 977. The summed E-state index contributed by atoms with van der Waals surface area (Å²) in [5, 5.41) is 0. The molecule has 0 aliphatic heterocycles. The van der Waals surface area contributed by atoms with E-state index in [4.69, 9.17) is 10.5 Å². The summed E-state index contributed by atoms with van der Waals surface area (Å²) in [7, 11) is 0. The number of nitrogens with one attached hydrogen (secondary N) is 1. The van der Waals surface area contributed by atoms with Crippen molar-refractivity contribution in [2.24, 2.45) is 0 Å². The highest BCUT2D eigenvalue weighted by atomic mass is 16.5. The van der Waals surface area contributed by atoms with Crippen LogP contribution in [0.5, 0.6) is 5.75 Å². The molecule has 0 spiro atoms. The number of nitrogens with two attached hydrogens (primary N) is 1. The third kappa shape index (κ3) is 2.94. The first-order valence-electron chi connectivity index (χ1n) is 7.80. The van der Waals surface area contributed by atoms with Crippen molar-refractivity contribution in [1.29, 1.82) is 0 Å². The normalized spacial score (nSPS) is 10.8. The van der Waals surface area contributed by atoms with E-state index in [9.17, 15) is 0 Å². The van der Waals surface area contributed by atoms with Gasteiger partial charge < -0.3 is 15.5 Å². The highest BCUT2D eigenvalue weighted by Gasteiger charge is 2.07. The zero-order valence-electron chi connectivity index (χ0n) is 13.1. The smallest absolute Gasteiger partial charge is 0.138 e. The third-order valence-electron chi connectivity index (χ3n) is 3.86. The van der Waals surface area contributed by atoms with Gasteiger partial charge in [0.15, 0.2) is 0 Å². The first-order chi connectivity index (χ1) is 11.8. The number of hydrogen-bond acceptors (Lipinski definition) is 3. The number of nitrogen functional groups attached to an aromatic ring is 1. The maximum Gasteiger partial charge on any atom is 0.138 e. The van der Waals surface area contributed by atoms with Crippen LogP contribution in [0.15, 0.2) is 72.8 Å². The number of nitrogens with zero attached hydrogens (tertiary/aromatic N) is 1. The largest absolute Gasteiger partial charge is 0.489 e. The lowest BCUT2D eigenvalue weighted by molar-refractivity contribution is 0.306. The quantitative estimate of drug-likeness (QED) is 0.549. The second-order valence-corrected chi connectivity index (χ2v) is 5.66. The Labute approximate surface area is 139 Å². The molecule has 118 valence electrons. The van der Waals surface area contributed by atoms with Crippen molar-refractivity contribution in [3.8, 4) is 17.1 Å². The Morgan fingerprint density at radius 3 is 2.67 bits per heavy atom. The van der Waals surface area contributed by atoms with Gasteiger partial charge in [-0.05, 0) is 35.9 Å². The molecule has 0 saturated heterocycles. The SMILES string of the molecule is Nc1ccc2nc(-c3cccc(OCc4ccccc4)c3)[nH]c2c1. The number of aromatic amines is 1. The number of hydrogen-bond donors (Lipinski definition) is 2. The van der Waals surface area contributed by atoms with Gasteiger partial charge in [0.2, 0.25) is 0 Å². The highest BCUT2D eigenvalue weighted by Crippen LogP contribution is 2.25. The second-order valence-electron chi connectivity index (χ2n) is 5.66. The third-order valence-corrected chi connectivity index (χ3v) is 3.86.